The smallest absolute Gasteiger partial charge is 0.387 e. The molecule has 2 N–H and O–H groups in total. The molecule has 1 heterocycles. The molecule has 7 heteroatoms. The Kier molecular flexibility index (Phi) is 4.83. The first kappa shape index (κ1) is 17.1. The van der Waals surface area contributed by atoms with Crippen LogP contribution in [0.2, 0.25) is 0 Å². The van der Waals surface area contributed by atoms with Crippen molar-refractivity contribution in [2.75, 3.05) is 0 Å². The van der Waals surface area contributed by atoms with Crippen LogP contribution >= 0.6 is 0 Å². The quantitative estimate of drug-likeness (QED) is 0.870. The zero-order valence-corrected chi connectivity index (χ0v) is 13.7. The first-order valence-corrected chi connectivity index (χ1v) is 8.02. The number of nitrogens with one attached hydrogen (secondary N) is 2. The van der Waals surface area contributed by atoms with Gasteiger partial charge in [0.1, 0.15) is 11.4 Å². The molecule has 0 unspecified atom stereocenters. The van der Waals surface area contributed by atoms with E-state index >= 15 is 0 Å². The van der Waals surface area contributed by atoms with E-state index in [9.17, 15) is 18.4 Å². The Morgan fingerprint density at radius 2 is 2.00 bits per heavy atom. The molecule has 0 saturated heterocycles. The molecular weight excluding hydrogens is 330 g/mol. The van der Waals surface area contributed by atoms with Crippen molar-refractivity contribution in [1.82, 2.24) is 10.3 Å². The van der Waals surface area contributed by atoms with Gasteiger partial charge >= 0.3 is 6.61 Å². The lowest BCUT2D eigenvalue weighted by Gasteiger charge is -2.09. The first-order chi connectivity index (χ1) is 12.0. The van der Waals surface area contributed by atoms with E-state index < -0.39 is 6.61 Å². The number of H-pyrrole nitrogens is 1. The predicted molar refractivity (Wildman–Crippen MR) is 87.0 cm³/mol. The molecule has 1 aliphatic carbocycles. The van der Waals surface area contributed by atoms with Crippen LogP contribution in [0, 0.1) is 6.92 Å². The van der Waals surface area contributed by atoms with Gasteiger partial charge < -0.3 is 15.0 Å². The number of aryl methyl sites for hydroxylation is 1. The van der Waals surface area contributed by atoms with Crippen molar-refractivity contribution in [2.24, 2.45) is 0 Å². The SMILES string of the molecule is Cc1c(C(=O)NCc2ccc(OC(F)F)cc2)[nH]c2c1C(=O)CCC2. The van der Waals surface area contributed by atoms with E-state index in [1.807, 2.05) is 0 Å². The van der Waals surface area contributed by atoms with Crippen LogP contribution in [-0.4, -0.2) is 23.3 Å². The maximum Gasteiger partial charge on any atom is 0.387 e. The van der Waals surface area contributed by atoms with Gasteiger partial charge in [-0.05, 0) is 43.0 Å². The highest BCUT2D eigenvalue weighted by atomic mass is 19.3. The molecule has 1 aliphatic rings. The van der Waals surface area contributed by atoms with E-state index in [-0.39, 0.29) is 24.0 Å². The minimum absolute atomic E-state index is 0.0662. The van der Waals surface area contributed by atoms with Crippen molar-refractivity contribution in [1.29, 1.82) is 0 Å². The van der Waals surface area contributed by atoms with Crippen LogP contribution in [0.3, 0.4) is 0 Å². The van der Waals surface area contributed by atoms with E-state index in [0.717, 1.165) is 24.1 Å². The summed E-state index contributed by atoms with van der Waals surface area (Å²) in [5, 5.41) is 2.77. The normalized spacial score (nSPS) is 13.7. The number of hydrogen-bond acceptors (Lipinski definition) is 3. The molecule has 1 aromatic carbocycles. The number of hydrogen-bond donors (Lipinski definition) is 2. The molecule has 1 amide bonds. The minimum Gasteiger partial charge on any atom is -0.435 e. The summed E-state index contributed by atoms with van der Waals surface area (Å²) in [7, 11) is 0. The molecule has 0 bridgehead atoms. The lowest BCUT2D eigenvalue weighted by molar-refractivity contribution is -0.0498. The van der Waals surface area contributed by atoms with Crippen molar-refractivity contribution in [3.63, 3.8) is 0 Å². The zero-order chi connectivity index (χ0) is 18.0. The van der Waals surface area contributed by atoms with Gasteiger partial charge in [-0.3, -0.25) is 9.59 Å². The van der Waals surface area contributed by atoms with E-state index in [1.54, 1.807) is 19.1 Å². The van der Waals surface area contributed by atoms with Crippen molar-refractivity contribution in [3.8, 4) is 5.75 Å². The second-order valence-corrected chi connectivity index (χ2v) is 5.96. The summed E-state index contributed by atoms with van der Waals surface area (Å²) in [6.07, 6.45) is 2.07. The van der Waals surface area contributed by atoms with Crippen LogP contribution in [0.15, 0.2) is 24.3 Å². The Morgan fingerprint density at radius 1 is 1.28 bits per heavy atom. The van der Waals surface area contributed by atoms with Crippen LogP contribution in [0.25, 0.3) is 0 Å². The summed E-state index contributed by atoms with van der Waals surface area (Å²) in [5.74, 6) is -0.159. The minimum atomic E-state index is -2.87. The van der Waals surface area contributed by atoms with Gasteiger partial charge in [0.25, 0.3) is 5.91 Å². The standard InChI is InChI=1S/C18H18F2N2O3/c1-10-15-13(3-2-4-14(15)23)22-16(10)17(24)21-9-11-5-7-12(8-6-11)25-18(19)20/h5-8,18,22H,2-4,9H2,1H3,(H,21,24). The average molecular weight is 348 g/mol. The van der Waals surface area contributed by atoms with E-state index in [2.05, 4.69) is 15.0 Å². The molecule has 2 aromatic rings. The lowest BCUT2D eigenvalue weighted by atomic mass is 9.94. The van der Waals surface area contributed by atoms with Crippen molar-refractivity contribution >= 4 is 11.7 Å². The molecule has 3 rings (SSSR count). The largest absolute Gasteiger partial charge is 0.435 e. The number of alkyl halides is 2. The number of aromatic amines is 1. The third-order valence-electron chi connectivity index (χ3n) is 4.27. The maximum absolute atomic E-state index is 12.4. The monoisotopic (exact) mass is 348 g/mol. The maximum atomic E-state index is 12.4. The van der Waals surface area contributed by atoms with Gasteiger partial charge in [-0.1, -0.05) is 12.1 Å². The second-order valence-electron chi connectivity index (χ2n) is 5.96. The molecule has 25 heavy (non-hydrogen) atoms. The summed E-state index contributed by atoms with van der Waals surface area (Å²) in [5.41, 5.74) is 3.30. The van der Waals surface area contributed by atoms with Crippen LogP contribution in [-0.2, 0) is 13.0 Å². The van der Waals surface area contributed by atoms with Crippen LogP contribution in [0.4, 0.5) is 8.78 Å². The highest BCUT2D eigenvalue weighted by Crippen LogP contribution is 2.26. The van der Waals surface area contributed by atoms with Crippen molar-refractivity contribution < 1.29 is 23.1 Å². The molecule has 0 saturated carbocycles. The first-order valence-electron chi connectivity index (χ1n) is 8.02. The molecular formula is C18H18F2N2O3. The van der Waals surface area contributed by atoms with Crippen molar-refractivity contribution in [2.45, 2.75) is 39.3 Å². The molecule has 0 atom stereocenters. The number of halogens is 2. The highest BCUT2D eigenvalue weighted by molar-refractivity contribution is 6.04. The van der Waals surface area contributed by atoms with Gasteiger partial charge in [0.05, 0.1) is 0 Å². The summed E-state index contributed by atoms with van der Waals surface area (Å²) in [6.45, 7) is -0.857. The van der Waals surface area contributed by atoms with E-state index in [0.29, 0.717) is 23.2 Å². The number of ketones is 1. The van der Waals surface area contributed by atoms with Gasteiger partial charge in [0.15, 0.2) is 5.78 Å². The van der Waals surface area contributed by atoms with Gasteiger partial charge in [0.2, 0.25) is 0 Å². The second kappa shape index (κ2) is 7.04. The fourth-order valence-corrected chi connectivity index (χ4v) is 3.06. The average Bonchev–Trinajstić information content (AvgIpc) is 2.92. The molecule has 0 fully saturated rings. The Balaban J connectivity index is 1.66. The number of amides is 1. The summed E-state index contributed by atoms with van der Waals surface area (Å²) < 4.78 is 28.5. The van der Waals surface area contributed by atoms with E-state index in [1.165, 1.54) is 12.1 Å². The molecule has 5 nitrogen and oxygen atoms in total. The van der Waals surface area contributed by atoms with Crippen LogP contribution in [0.5, 0.6) is 5.75 Å². The van der Waals surface area contributed by atoms with Gasteiger partial charge in [0, 0.05) is 24.2 Å². The molecule has 0 aliphatic heterocycles. The summed E-state index contributed by atoms with van der Waals surface area (Å²) in [4.78, 5) is 27.5. The summed E-state index contributed by atoms with van der Waals surface area (Å²) in [6, 6.07) is 6.05. The fourth-order valence-electron chi connectivity index (χ4n) is 3.06. The molecule has 0 spiro atoms. The number of benzene rings is 1. The van der Waals surface area contributed by atoms with E-state index in [4.69, 9.17) is 0 Å². The number of carbonyl (C=O) groups excluding carboxylic acids is 2. The topological polar surface area (TPSA) is 71.2 Å². The third kappa shape index (κ3) is 3.70. The fraction of sp³-hybridized carbons (Fsp3) is 0.333. The molecule has 0 radical (unpaired) electrons. The Labute approximate surface area is 143 Å². The van der Waals surface area contributed by atoms with Gasteiger partial charge in [-0.2, -0.15) is 8.78 Å². The Bertz CT molecular complexity index is 797. The van der Waals surface area contributed by atoms with Gasteiger partial charge in [-0.25, -0.2) is 0 Å². The Hall–Kier alpha value is -2.70. The van der Waals surface area contributed by atoms with Gasteiger partial charge in [-0.15, -0.1) is 0 Å². The predicted octanol–water partition coefficient (Wildman–Crippen LogP) is 3.37. The Morgan fingerprint density at radius 3 is 2.64 bits per heavy atom. The zero-order valence-electron chi connectivity index (χ0n) is 13.7. The lowest BCUT2D eigenvalue weighted by Crippen LogP contribution is -2.24. The number of fused-ring (bicyclic) bond motifs is 1. The third-order valence-corrected chi connectivity index (χ3v) is 4.27. The molecule has 1 aromatic heterocycles. The number of rotatable bonds is 5. The summed E-state index contributed by atoms with van der Waals surface area (Å²) >= 11 is 0. The number of ether oxygens (including phenoxy) is 1. The van der Waals surface area contributed by atoms with Crippen molar-refractivity contribution in [3.05, 3.63) is 52.3 Å². The number of aromatic nitrogens is 1. The number of Topliss-reactive ketones (excluding diaryl/α,β-unsaturated/α-hetero) is 1. The van der Waals surface area contributed by atoms with Crippen LogP contribution < -0.4 is 10.1 Å². The highest BCUT2D eigenvalue weighted by Gasteiger charge is 2.26. The van der Waals surface area contributed by atoms with Crippen LogP contribution in [0.1, 0.15) is 50.5 Å². The number of carbonyl (C=O) groups is 2. The molecule has 132 valence electrons.